The molecule has 0 spiro atoms. The number of nitrogen functional groups attached to an aromatic ring is 1. The highest BCUT2D eigenvalue weighted by Crippen LogP contribution is 2.38. The molecule has 6 N–H and O–H groups in total. The predicted molar refractivity (Wildman–Crippen MR) is 81.8 cm³/mol. The van der Waals surface area contributed by atoms with Crippen molar-refractivity contribution >= 4 is 5.91 Å². The van der Waals surface area contributed by atoms with Crippen LogP contribution >= 0.6 is 0 Å². The molecule has 0 unspecified atom stereocenters. The summed E-state index contributed by atoms with van der Waals surface area (Å²) in [6, 6.07) is 8.66. The number of rotatable bonds is 3. The molecule has 0 aliphatic rings. The summed E-state index contributed by atoms with van der Waals surface area (Å²) >= 11 is 0. The van der Waals surface area contributed by atoms with Gasteiger partial charge in [0.1, 0.15) is 0 Å². The Morgan fingerprint density at radius 1 is 0.958 bits per heavy atom. The van der Waals surface area contributed by atoms with E-state index in [-0.39, 0.29) is 17.3 Å². The lowest BCUT2D eigenvalue weighted by Crippen LogP contribution is -2.29. The van der Waals surface area contributed by atoms with Gasteiger partial charge in [-0.25, -0.2) is 5.84 Å². The highest BCUT2D eigenvalue weighted by atomic mass is 16.4. The molecule has 1 aromatic heterocycles. The summed E-state index contributed by atoms with van der Waals surface area (Å²) in [7, 11) is 0. The molecule has 24 heavy (non-hydrogen) atoms. The number of hydrogen-bond donors (Lipinski definition) is 5. The van der Waals surface area contributed by atoms with E-state index in [1.807, 2.05) is 5.43 Å². The highest BCUT2D eigenvalue weighted by Gasteiger charge is 2.15. The van der Waals surface area contributed by atoms with Gasteiger partial charge in [0.25, 0.3) is 5.91 Å². The van der Waals surface area contributed by atoms with Gasteiger partial charge < -0.3 is 19.7 Å². The molecule has 0 bridgehead atoms. The minimum absolute atomic E-state index is 0.0411. The molecule has 3 rings (SSSR count). The largest absolute Gasteiger partial charge is 0.504 e. The zero-order valence-electron chi connectivity index (χ0n) is 12.1. The van der Waals surface area contributed by atoms with E-state index in [9.17, 15) is 20.1 Å². The maximum Gasteiger partial charge on any atom is 0.265 e. The summed E-state index contributed by atoms with van der Waals surface area (Å²) < 4.78 is 5.48. The van der Waals surface area contributed by atoms with Crippen molar-refractivity contribution in [1.82, 2.24) is 15.6 Å². The molecule has 0 atom stereocenters. The van der Waals surface area contributed by atoms with Crippen molar-refractivity contribution in [1.29, 1.82) is 0 Å². The van der Waals surface area contributed by atoms with E-state index in [0.29, 0.717) is 11.1 Å². The molecule has 3 aromatic rings. The van der Waals surface area contributed by atoms with Gasteiger partial charge in [-0.2, -0.15) is 0 Å². The third-order valence-corrected chi connectivity index (χ3v) is 3.27. The lowest BCUT2D eigenvalue weighted by molar-refractivity contribution is 0.0953. The van der Waals surface area contributed by atoms with E-state index in [0.717, 1.165) is 0 Å². The summed E-state index contributed by atoms with van der Waals surface area (Å²) in [6.07, 6.45) is 0. The van der Waals surface area contributed by atoms with E-state index in [1.54, 1.807) is 24.3 Å². The van der Waals surface area contributed by atoms with Gasteiger partial charge in [-0.05, 0) is 36.4 Å². The van der Waals surface area contributed by atoms with E-state index < -0.39 is 23.2 Å². The molecule has 1 heterocycles. The topological polar surface area (TPSA) is 155 Å². The number of carbonyl (C=O) groups is 1. The Morgan fingerprint density at radius 3 is 2.04 bits per heavy atom. The standard InChI is InChI=1S/C15H12N4O5/c16-17-13(23)7-1-3-8(4-2-7)14-18-19-15(24-14)9-5-10(20)12(22)11(21)6-9/h1-6,20-22H,16H2,(H,17,23). The number of nitrogens with two attached hydrogens (primary N) is 1. The minimum atomic E-state index is -0.632. The van der Waals surface area contributed by atoms with Crippen LogP contribution in [0, 0.1) is 0 Å². The van der Waals surface area contributed by atoms with Crippen LogP contribution < -0.4 is 11.3 Å². The van der Waals surface area contributed by atoms with Crippen LogP contribution in [0.25, 0.3) is 22.9 Å². The number of nitrogens with zero attached hydrogens (tertiary/aromatic N) is 2. The van der Waals surface area contributed by atoms with Crippen LogP contribution in [-0.2, 0) is 0 Å². The van der Waals surface area contributed by atoms with Crippen molar-refractivity contribution in [3.63, 3.8) is 0 Å². The number of hydrogen-bond acceptors (Lipinski definition) is 8. The Hall–Kier alpha value is -3.59. The maximum absolute atomic E-state index is 11.4. The Kier molecular flexibility index (Phi) is 3.76. The van der Waals surface area contributed by atoms with Crippen LogP contribution in [0.4, 0.5) is 0 Å². The first-order chi connectivity index (χ1) is 11.5. The third-order valence-electron chi connectivity index (χ3n) is 3.27. The summed E-state index contributed by atoms with van der Waals surface area (Å²) in [5.41, 5.74) is 3.19. The number of phenols is 3. The van der Waals surface area contributed by atoms with Crippen molar-refractivity contribution in [2.75, 3.05) is 0 Å². The molecule has 0 aliphatic heterocycles. The predicted octanol–water partition coefficient (Wildman–Crippen LogP) is 1.12. The van der Waals surface area contributed by atoms with Crippen LogP contribution in [0.2, 0.25) is 0 Å². The molecule has 0 saturated heterocycles. The van der Waals surface area contributed by atoms with Crippen LogP contribution in [0.3, 0.4) is 0 Å². The van der Waals surface area contributed by atoms with Crippen LogP contribution in [0.15, 0.2) is 40.8 Å². The Labute approximate surface area is 135 Å². The summed E-state index contributed by atoms with van der Waals surface area (Å²) in [5.74, 6) is 3.19. The molecule has 9 heteroatoms. The monoisotopic (exact) mass is 328 g/mol. The second-order valence-corrected chi connectivity index (χ2v) is 4.83. The number of carbonyl (C=O) groups excluding carboxylic acids is 1. The van der Waals surface area contributed by atoms with Crippen molar-refractivity contribution in [2.45, 2.75) is 0 Å². The molecule has 1 amide bonds. The van der Waals surface area contributed by atoms with E-state index in [4.69, 9.17) is 10.3 Å². The molecule has 0 saturated carbocycles. The van der Waals surface area contributed by atoms with Gasteiger partial charge in [-0.15, -0.1) is 10.2 Å². The molecule has 2 aromatic carbocycles. The second kappa shape index (κ2) is 5.89. The van der Waals surface area contributed by atoms with Gasteiger partial charge in [0, 0.05) is 16.7 Å². The quantitative estimate of drug-likeness (QED) is 0.207. The van der Waals surface area contributed by atoms with Crippen LogP contribution in [-0.4, -0.2) is 31.4 Å². The molecule has 122 valence electrons. The molecule has 9 nitrogen and oxygen atoms in total. The minimum Gasteiger partial charge on any atom is -0.504 e. The fourth-order valence-electron chi connectivity index (χ4n) is 2.03. The molecule has 0 aliphatic carbocycles. The average Bonchev–Trinajstić information content (AvgIpc) is 3.08. The number of aromatic nitrogens is 2. The van der Waals surface area contributed by atoms with Gasteiger partial charge in [0.15, 0.2) is 17.2 Å². The maximum atomic E-state index is 11.4. The second-order valence-electron chi connectivity index (χ2n) is 4.83. The first kappa shape index (κ1) is 15.3. The number of phenolic OH excluding ortho intramolecular Hbond substituents is 3. The summed E-state index contributed by atoms with van der Waals surface area (Å²) in [5, 5.41) is 36.1. The molecular weight excluding hydrogens is 316 g/mol. The van der Waals surface area contributed by atoms with E-state index in [2.05, 4.69) is 10.2 Å². The van der Waals surface area contributed by atoms with Crippen LogP contribution in [0.5, 0.6) is 17.2 Å². The number of hydrazine groups is 1. The van der Waals surface area contributed by atoms with E-state index in [1.165, 1.54) is 12.1 Å². The van der Waals surface area contributed by atoms with Gasteiger partial charge >= 0.3 is 0 Å². The summed E-state index contributed by atoms with van der Waals surface area (Å²) in [4.78, 5) is 11.4. The van der Waals surface area contributed by atoms with Gasteiger partial charge in [-0.3, -0.25) is 10.2 Å². The third kappa shape index (κ3) is 2.71. The van der Waals surface area contributed by atoms with Gasteiger partial charge in [0.05, 0.1) is 0 Å². The van der Waals surface area contributed by atoms with Crippen molar-refractivity contribution in [3.8, 4) is 40.2 Å². The average molecular weight is 328 g/mol. The lowest BCUT2D eigenvalue weighted by atomic mass is 10.1. The number of aromatic hydroxyl groups is 3. The number of amides is 1. The zero-order valence-corrected chi connectivity index (χ0v) is 12.1. The SMILES string of the molecule is NNC(=O)c1ccc(-c2nnc(-c3cc(O)c(O)c(O)c3)o2)cc1. The molecule has 0 radical (unpaired) electrons. The lowest BCUT2D eigenvalue weighted by Gasteiger charge is -2.02. The summed E-state index contributed by atoms with van der Waals surface area (Å²) in [6.45, 7) is 0. The van der Waals surface area contributed by atoms with Gasteiger partial charge in [0.2, 0.25) is 11.8 Å². The Morgan fingerprint density at radius 2 is 1.50 bits per heavy atom. The van der Waals surface area contributed by atoms with Crippen LogP contribution in [0.1, 0.15) is 10.4 Å². The Bertz CT molecular complexity index is 881. The first-order valence-electron chi connectivity index (χ1n) is 6.70. The molecule has 0 fully saturated rings. The fourth-order valence-corrected chi connectivity index (χ4v) is 2.03. The van der Waals surface area contributed by atoms with Gasteiger partial charge in [-0.1, -0.05) is 0 Å². The smallest absolute Gasteiger partial charge is 0.265 e. The van der Waals surface area contributed by atoms with Crippen molar-refractivity contribution in [2.24, 2.45) is 5.84 Å². The first-order valence-corrected chi connectivity index (χ1v) is 6.70. The number of nitrogens with one attached hydrogen (secondary N) is 1. The number of benzene rings is 2. The Balaban J connectivity index is 1.92. The van der Waals surface area contributed by atoms with Crippen molar-refractivity contribution < 1.29 is 24.5 Å². The molecular formula is C15H12N4O5. The van der Waals surface area contributed by atoms with Crippen molar-refractivity contribution in [3.05, 3.63) is 42.0 Å². The highest BCUT2D eigenvalue weighted by molar-refractivity contribution is 5.94. The van der Waals surface area contributed by atoms with E-state index >= 15 is 0 Å². The fraction of sp³-hybridized carbons (Fsp3) is 0. The normalized spacial score (nSPS) is 10.5. The zero-order chi connectivity index (χ0) is 17.3.